The first kappa shape index (κ1) is 21.2. The van der Waals surface area contributed by atoms with E-state index in [0.29, 0.717) is 11.5 Å². The maximum Gasteiger partial charge on any atom is 0.242 e. The van der Waals surface area contributed by atoms with Crippen LogP contribution in [0.5, 0.6) is 0 Å². The van der Waals surface area contributed by atoms with Crippen LogP contribution in [0.2, 0.25) is 0 Å². The van der Waals surface area contributed by atoms with Gasteiger partial charge in [0.05, 0.1) is 11.6 Å². The molecule has 0 spiro atoms. The monoisotopic (exact) mass is 420 g/mol. The highest BCUT2D eigenvalue weighted by molar-refractivity contribution is 5.97. The molecule has 0 fully saturated rings. The Morgan fingerprint density at radius 3 is 2.53 bits per heavy atom. The van der Waals surface area contributed by atoms with Crippen LogP contribution in [-0.4, -0.2) is 29.0 Å². The van der Waals surface area contributed by atoms with Gasteiger partial charge >= 0.3 is 0 Å². The summed E-state index contributed by atoms with van der Waals surface area (Å²) in [5.74, 6) is 6.74. The molecule has 32 heavy (non-hydrogen) atoms. The lowest BCUT2D eigenvalue weighted by Crippen LogP contribution is -2.35. The van der Waals surface area contributed by atoms with Crippen LogP contribution in [0.25, 0.3) is 22.0 Å². The summed E-state index contributed by atoms with van der Waals surface area (Å²) in [6, 6.07) is 21.4. The fourth-order valence-corrected chi connectivity index (χ4v) is 3.31. The third-order valence-corrected chi connectivity index (χ3v) is 5.29. The highest BCUT2D eigenvalue weighted by Crippen LogP contribution is 2.30. The molecule has 0 aliphatic heterocycles. The van der Waals surface area contributed by atoms with E-state index in [4.69, 9.17) is 4.98 Å². The molecule has 2 aromatic heterocycles. The van der Waals surface area contributed by atoms with Gasteiger partial charge in [-0.15, -0.1) is 0 Å². The van der Waals surface area contributed by atoms with Crippen LogP contribution < -0.4 is 10.6 Å². The zero-order chi connectivity index (χ0) is 22.5. The van der Waals surface area contributed by atoms with Gasteiger partial charge in [0.15, 0.2) is 0 Å². The summed E-state index contributed by atoms with van der Waals surface area (Å²) in [6.45, 7) is 3.84. The summed E-state index contributed by atoms with van der Waals surface area (Å²) in [5, 5.41) is 6.82. The molecule has 2 aromatic carbocycles. The molecule has 1 atom stereocenters. The maximum absolute atomic E-state index is 12.3. The number of amides is 1. The Hall–Kier alpha value is -4.01. The molecule has 0 bridgehead atoms. The summed E-state index contributed by atoms with van der Waals surface area (Å²) in [7, 11) is 1.74. The molecular weight excluding hydrogens is 396 g/mol. The van der Waals surface area contributed by atoms with Gasteiger partial charge in [0.2, 0.25) is 5.91 Å². The molecule has 158 valence electrons. The number of likely N-dealkylation sites (N-methyl/N-ethyl adjacent to an activating group) is 1. The summed E-state index contributed by atoms with van der Waals surface area (Å²) < 4.78 is 0. The lowest BCUT2D eigenvalue weighted by molar-refractivity contribution is -0.117. The van der Waals surface area contributed by atoms with Crippen molar-refractivity contribution >= 4 is 22.6 Å². The van der Waals surface area contributed by atoms with E-state index in [1.165, 1.54) is 5.56 Å². The van der Waals surface area contributed by atoms with E-state index in [9.17, 15) is 4.79 Å². The second-order valence-electron chi connectivity index (χ2n) is 7.58. The number of hydrogen-bond acceptors (Lipinski definition) is 4. The Balaban J connectivity index is 1.82. The largest absolute Gasteiger partial charge is 0.309 e. The first-order valence-electron chi connectivity index (χ1n) is 10.5. The van der Waals surface area contributed by atoms with Gasteiger partial charge in [0.25, 0.3) is 0 Å². The number of pyridine rings is 2. The van der Waals surface area contributed by atoms with Crippen molar-refractivity contribution in [2.24, 2.45) is 0 Å². The van der Waals surface area contributed by atoms with Crippen LogP contribution in [0, 0.1) is 18.8 Å². The molecule has 0 saturated carbocycles. The van der Waals surface area contributed by atoms with Crippen molar-refractivity contribution in [2.45, 2.75) is 19.9 Å². The number of fused-ring (bicyclic) bond motifs is 1. The second-order valence-corrected chi connectivity index (χ2v) is 7.58. The van der Waals surface area contributed by atoms with Crippen LogP contribution in [0.15, 0.2) is 72.9 Å². The molecule has 4 aromatic rings. The SMILES string of the molecule is CNC(C)C(=O)Nc1ccc(-c2cccc3ncccc23)c(C#Cc2ccc(C)cc2)n1. The molecule has 0 aliphatic rings. The van der Waals surface area contributed by atoms with Gasteiger partial charge in [-0.05, 0) is 68.8 Å². The van der Waals surface area contributed by atoms with Crippen LogP contribution in [0.4, 0.5) is 5.82 Å². The number of benzene rings is 2. The first-order valence-corrected chi connectivity index (χ1v) is 10.5. The molecule has 0 saturated heterocycles. The first-order chi connectivity index (χ1) is 15.5. The van der Waals surface area contributed by atoms with E-state index in [-0.39, 0.29) is 11.9 Å². The van der Waals surface area contributed by atoms with E-state index < -0.39 is 0 Å². The van der Waals surface area contributed by atoms with Gasteiger partial charge in [0, 0.05) is 22.7 Å². The highest BCUT2D eigenvalue weighted by atomic mass is 16.2. The lowest BCUT2D eigenvalue weighted by atomic mass is 9.99. The number of carbonyl (C=O) groups excluding carboxylic acids is 1. The number of nitrogens with one attached hydrogen (secondary N) is 2. The third kappa shape index (κ3) is 4.66. The van der Waals surface area contributed by atoms with Gasteiger partial charge in [0.1, 0.15) is 11.5 Å². The quantitative estimate of drug-likeness (QED) is 0.475. The molecule has 2 N–H and O–H groups in total. The van der Waals surface area contributed by atoms with Crippen LogP contribution >= 0.6 is 0 Å². The lowest BCUT2D eigenvalue weighted by Gasteiger charge is -2.13. The van der Waals surface area contributed by atoms with Crippen LogP contribution in [-0.2, 0) is 4.79 Å². The predicted molar refractivity (Wildman–Crippen MR) is 129 cm³/mol. The van der Waals surface area contributed by atoms with Crippen molar-refractivity contribution in [1.82, 2.24) is 15.3 Å². The zero-order valence-corrected chi connectivity index (χ0v) is 18.3. The van der Waals surface area contributed by atoms with E-state index in [1.54, 1.807) is 20.2 Å². The smallest absolute Gasteiger partial charge is 0.242 e. The number of aromatic nitrogens is 2. The van der Waals surface area contributed by atoms with Gasteiger partial charge in [-0.3, -0.25) is 9.78 Å². The molecule has 5 nitrogen and oxygen atoms in total. The minimum atomic E-state index is -0.331. The minimum Gasteiger partial charge on any atom is -0.309 e. The summed E-state index contributed by atoms with van der Waals surface area (Å²) >= 11 is 0. The standard InChI is InChI=1S/C27H24N4O/c1-18-9-11-20(12-10-18)13-15-25-23(14-16-26(30-25)31-27(32)19(2)28-3)21-6-4-8-24-22(21)7-5-17-29-24/h4-12,14,16-17,19,28H,1-3H3,(H,30,31,32). The molecule has 0 aliphatic carbocycles. The van der Waals surface area contributed by atoms with Crippen molar-refractivity contribution in [1.29, 1.82) is 0 Å². The summed E-state index contributed by atoms with van der Waals surface area (Å²) in [6.07, 6.45) is 1.78. The third-order valence-electron chi connectivity index (χ3n) is 5.29. The topological polar surface area (TPSA) is 66.9 Å². The zero-order valence-electron chi connectivity index (χ0n) is 18.3. The van der Waals surface area contributed by atoms with Crippen molar-refractivity contribution < 1.29 is 4.79 Å². The number of anilines is 1. The van der Waals surface area contributed by atoms with Crippen LogP contribution in [0.3, 0.4) is 0 Å². The molecule has 2 heterocycles. The average molecular weight is 421 g/mol. The molecule has 1 amide bonds. The fourth-order valence-electron chi connectivity index (χ4n) is 3.31. The number of hydrogen-bond donors (Lipinski definition) is 2. The van der Waals surface area contributed by atoms with Gasteiger partial charge < -0.3 is 10.6 Å². The molecule has 0 radical (unpaired) electrons. The van der Waals surface area contributed by atoms with E-state index in [0.717, 1.165) is 27.6 Å². The Morgan fingerprint density at radius 1 is 0.938 bits per heavy atom. The Bertz CT molecular complexity index is 1330. The van der Waals surface area contributed by atoms with Gasteiger partial charge in [-0.25, -0.2) is 4.98 Å². The second kappa shape index (κ2) is 9.42. The summed E-state index contributed by atoms with van der Waals surface area (Å²) in [5.41, 5.74) is 5.47. The van der Waals surface area contributed by atoms with E-state index >= 15 is 0 Å². The van der Waals surface area contributed by atoms with Crippen molar-refractivity contribution in [3.05, 3.63) is 89.7 Å². The van der Waals surface area contributed by atoms with Gasteiger partial charge in [-0.1, -0.05) is 41.8 Å². The Morgan fingerprint density at radius 2 is 1.75 bits per heavy atom. The Kier molecular flexibility index (Phi) is 6.25. The minimum absolute atomic E-state index is 0.153. The Labute approximate surface area is 187 Å². The van der Waals surface area contributed by atoms with Crippen molar-refractivity contribution in [3.8, 4) is 23.0 Å². The maximum atomic E-state index is 12.3. The number of aryl methyl sites for hydroxylation is 1. The molecular formula is C27H24N4O. The van der Waals surface area contributed by atoms with E-state index in [1.807, 2.05) is 73.7 Å². The predicted octanol–water partition coefficient (Wildman–Crippen LogP) is 4.55. The highest BCUT2D eigenvalue weighted by Gasteiger charge is 2.14. The van der Waals surface area contributed by atoms with Crippen molar-refractivity contribution in [3.63, 3.8) is 0 Å². The summed E-state index contributed by atoms with van der Waals surface area (Å²) in [4.78, 5) is 21.5. The van der Waals surface area contributed by atoms with Crippen molar-refractivity contribution in [2.75, 3.05) is 12.4 Å². The van der Waals surface area contributed by atoms with E-state index in [2.05, 4.69) is 27.5 Å². The molecule has 1 unspecified atom stereocenters. The molecule has 5 heteroatoms. The normalized spacial score (nSPS) is 11.5. The average Bonchev–Trinajstić information content (AvgIpc) is 2.83. The number of rotatable bonds is 4. The van der Waals surface area contributed by atoms with Crippen LogP contribution in [0.1, 0.15) is 23.7 Å². The molecule has 4 rings (SSSR count). The number of nitrogens with zero attached hydrogens (tertiary/aromatic N) is 2. The number of carbonyl (C=O) groups is 1. The fraction of sp³-hybridized carbons (Fsp3) is 0.148. The van der Waals surface area contributed by atoms with Gasteiger partial charge in [-0.2, -0.15) is 0 Å².